The number of fused-ring (bicyclic) bond motifs is 4. The summed E-state index contributed by atoms with van der Waals surface area (Å²) in [4.78, 5) is 37.1. The molecular weight excluding hydrogens is 623 g/mol. The van der Waals surface area contributed by atoms with Crippen molar-refractivity contribution in [2.45, 2.75) is 165 Å². The maximum atomic E-state index is 11.5. The molecule has 10 nitrogen and oxygen atoms in total. The van der Waals surface area contributed by atoms with Crippen molar-refractivity contribution < 1.29 is 47.5 Å². The van der Waals surface area contributed by atoms with Gasteiger partial charge in [0.1, 0.15) is 0 Å². The zero-order chi connectivity index (χ0) is 33.1. The average molecular weight is 685 g/mol. The number of ether oxygens (including phenoxy) is 2. The Labute approximate surface area is 282 Å². The van der Waals surface area contributed by atoms with Crippen molar-refractivity contribution in [2.24, 2.45) is 47.3 Å². The molecule has 0 radical (unpaired) electrons. The predicted molar refractivity (Wildman–Crippen MR) is 175 cm³/mol. The van der Waals surface area contributed by atoms with Crippen LogP contribution in [0, 0.1) is 47.3 Å². The first kappa shape index (κ1) is 34.1. The van der Waals surface area contributed by atoms with E-state index in [-0.39, 0.29) is 53.4 Å². The van der Waals surface area contributed by atoms with Gasteiger partial charge in [-0.1, -0.05) is 0 Å². The summed E-state index contributed by atoms with van der Waals surface area (Å²) in [5.41, 5.74) is -1.62. The fraction of sp³-hybridized carbons (Fsp3) is 1.00. The Bertz CT molecular complexity index is 1190. The van der Waals surface area contributed by atoms with Gasteiger partial charge >= 0.3 is 282 Å². The molecule has 1 N–H and O–H groups in total. The van der Waals surface area contributed by atoms with Gasteiger partial charge in [0.05, 0.1) is 0 Å². The Morgan fingerprint density at radius 3 is 1.72 bits per heavy atom. The van der Waals surface area contributed by atoms with Gasteiger partial charge in [-0.3, -0.25) is 0 Å². The van der Waals surface area contributed by atoms with Crippen LogP contribution in [0.2, 0.25) is 0 Å². The Hall–Kier alpha value is 0.0300. The van der Waals surface area contributed by atoms with Gasteiger partial charge in [-0.15, -0.1) is 0 Å². The van der Waals surface area contributed by atoms with Gasteiger partial charge in [0.2, 0.25) is 0 Å². The van der Waals surface area contributed by atoms with Crippen LogP contribution in [0.15, 0.2) is 0 Å². The molecule has 6 aliphatic heterocycles. The van der Waals surface area contributed by atoms with Crippen molar-refractivity contribution in [1.82, 2.24) is 0 Å². The first-order valence-corrected chi connectivity index (χ1v) is 20.5. The second kappa shape index (κ2) is 11.8. The minimum atomic E-state index is -3.95. The van der Waals surface area contributed by atoms with E-state index in [9.17, 15) is 4.89 Å². The van der Waals surface area contributed by atoms with Crippen molar-refractivity contribution in [3.05, 3.63) is 0 Å². The van der Waals surface area contributed by atoms with Gasteiger partial charge in [-0.2, -0.15) is 0 Å². The van der Waals surface area contributed by atoms with Crippen LogP contribution < -0.4 is 0 Å². The first-order chi connectivity index (χ1) is 22.3. The molecule has 10 aliphatic rings. The topological polar surface area (TPSA) is 103 Å². The van der Waals surface area contributed by atoms with E-state index in [2.05, 4.69) is 41.5 Å². The molecule has 0 aromatic heterocycles. The molecule has 4 bridgehead atoms. The van der Waals surface area contributed by atoms with E-state index in [1.807, 2.05) is 0 Å². The third-order valence-corrected chi connectivity index (χ3v) is 16.9. The summed E-state index contributed by atoms with van der Waals surface area (Å²) in [5.74, 6) is 2.78. The molecule has 0 aromatic carbocycles. The molecule has 0 aromatic rings. The van der Waals surface area contributed by atoms with Crippen molar-refractivity contribution in [2.75, 3.05) is 14.2 Å². The predicted octanol–water partition coefficient (Wildman–Crippen LogP) is 6.87. The summed E-state index contributed by atoms with van der Waals surface area (Å²) >= 11 is 0. The minimum absolute atomic E-state index is 0.0547. The van der Waals surface area contributed by atoms with Crippen LogP contribution in [-0.2, 0) is 42.6 Å². The van der Waals surface area contributed by atoms with Crippen LogP contribution in [0.4, 0.5) is 0 Å². The van der Waals surface area contributed by atoms with Crippen LogP contribution in [-0.4, -0.2) is 72.0 Å². The van der Waals surface area contributed by atoms with Crippen molar-refractivity contribution in [3.63, 3.8) is 0 Å². The Morgan fingerprint density at radius 2 is 1.19 bits per heavy atom. The molecule has 270 valence electrons. The fourth-order valence-electron chi connectivity index (χ4n) is 12.6. The molecule has 6 heterocycles. The van der Waals surface area contributed by atoms with E-state index in [1.165, 1.54) is 20.6 Å². The Kier molecular flexibility index (Phi) is 8.55. The van der Waals surface area contributed by atoms with Gasteiger partial charge in [0, 0.05) is 0 Å². The first-order valence-electron chi connectivity index (χ1n) is 18.9. The molecule has 10 fully saturated rings. The molecule has 47 heavy (non-hydrogen) atoms. The van der Waals surface area contributed by atoms with E-state index < -0.39 is 25.5 Å². The van der Waals surface area contributed by atoms with Gasteiger partial charge in [0.25, 0.3) is 0 Å². The van der Waals surface area contributed by atoms with Crippen molar-refractivity contribution >= 4 is 8.17 Å². The summed E-state index contributed by atoms with van der Waals surface area (Å²) in [6.07, 6.45) is 9.77. The summed E-state index contributed by atoms with van der Waals surface area (Å²) < 4.78 is 32.3. The van der Waals surface area contributed by atoms with Crippen LogP contribution >= 0.6 is 8.17 Å². The third kappa shape index (κ3) is 5.04. The Morgan fingerprint density at radius 1 is 0.681 bits per heavy atom. The number of rotatable bonds is 7. The van der Waals surface area contributed by atoms with Gasteiger partial charge in [-0.05, 0) is 0 Å². The molecule has 6 saturated heterocycles. The monoisotopic (exact) mass is 684 g/mol. The molecule has 11 heteroatoms. The maximum absolute atomic E-state index is 11.5. The van der Waals surface area contributed by atoms with Crippen LogP contribution in [0.3, 0.4) is 0 Å². The van der Waals surface area contributed by atoms with E-state index in [0.29, 0.717) is 36.0 Å². The molecule has 2 spiro atoms. The SMILES string of the molecule is CO[PH](O)(OC)O[C@@H](C[C@H]1O[C@@H]2C[C@]3(C)CC[C@H]4[C@H](C)CC[C@@H]([C@H]1C)[C@@]24OO3)C1O[C@@H]2C[C@]3(C)CC[C@H]4[C@H](C)CC[C@@H]([C@H]1C)[C@@]24OO3. The summed E-state index contributed by atoms with van der Waals surface area (Å²) in [7, 11) is -1.03. The molecule has 4 saturated carbocycles. The number of hydrogen-bond acceptors (Lipinski definition) is 10. The third-order valence-electron chi connectivity index (χ3n) is 15.2. The van der Waals surface area contributed by atoms with Crippen LogP contribution in [0.25, 0.3) is 0 Å². The van der Waals surface area contributed by atoms with E-state index in [1.54, 1.807) is 0 Å². The van der Waals surface area contributed by atoms with Gasteiger partial charge < -0.3 is 0 Å². The summed E-state index contributed by atoms with van der Waals surface area (Å²) in [5, 5.41) is 0. The zero-order valence-corrected chi connectivity index (χ0v) is 30.9. The fourth-order valence-corrected chi connectivity index (χ4v) is 13.5. The molecule has 4 aliphatic carbocycles. The second-order valence-electron chi connectivity index (χ2n) is 17.8. The molecular formula is C36H61O10P. The zero-order valence-electron chi connectivity index (χ0n) is 29.9. The average Bonchev–Trinajstić information content (AvgIpc) is 3.42. The summed E-state index contributed by atoms with van der Waals surface area (Å²) in [6, 6.07) is 0. The van der Waals surface area contributed by atoms with Crippen LogP contribution in [0.1, 0.15) is 112 Å². The molecule has 1 unspecified atom stereocenters. The second-order valence-corrected chi connectivity index (χ2v) is 19.9. The van der Waals surface area contributed by atoms with E-state index in [0.717, 1.165) is 57.8 Å². The number of hydrogen-bond donors (Lipinski definition) is 1. The van der Waals surface area contributed by atoms with Crippen molar-refractivity contribution in [3.8, 4) is 0 Å². The molecule has 10 rings (SSSR count). The van der Waals surface area contributed by atoms with Gasteiger partial charge in [-0.25, -0.2) is 0 Å². The Balaban J connectivity index is 1.13. The molecule has 17 atom stereocenters. The van der Waals surface area contributed by atoms with E-state index >= 15 is 0 Å². The van der Waals surface area contributed by atoms with E-state index in [4.69, 9.17) is 42.6 Å². The normalized spacial score (nSPS) is 56.2. The quantitative estimate of drug-likeness (QED) is 0.226. The van der Waals surface area contributed by atoms with Crippen LogP contribution in [0.5, 0.6) is 0 Å². The standard InChI is InChI=1S/C36H61O10P/c1-20-9-11-26-22(3)28(40-30-18-33(5)15-13-24(20)35(26,30)45-43-33)17-29(42-47(37,38-7)39-8)32-23(4)27-12-10-21(2)25-14-16-34(6)19-31(41-32)36(25,27)46-44-34/h20-32,37,47H,9-19H2,1-8H3/t20-,21-,22-,23-,24+,25+,26+,27+,28-,29+,30-,31-,32?,33+,34+,35-,36-/m1/s1. The summed E-state index contributed by atoms with van der Waals surface area (Å²) in [6.45, 7) is 13.7. The van der Waals surface area contributed by atoms with Crippen molar-refractivity contribution in [1.29, 1.82) is 0 Å². The van der Waals surface area contributed by atoms with Gasteiger partial charge in [0.15, 0.2) is 0 Å². The molecule has 0 amide bonds.